The monoisotopic (exact) mass is 877 g/mol. The van der Waals surface area contributed by atoms with E-state index in [1.807, 2.05) is 0 Å². The number of anilines is 3. The van der Waals surface area contributed by atoms with Gasteiger partial charge in [0, 0.05) is 27.6 Å². The van der Waals surface area contributed by atoms with Crippen LogP contribution in [0.4, 0.5) is 17.1 Å². The second-order valence-electron chi connectivity index (χ2n) is 18.3. The summed E-state index contributed by atoms with van der Waals surface area (Å²) in [5, 5.41) is 9.62. The molecule has 0 fully saturated rings. The molecule has 0 spiro atoms. The fourth-order valence-corrected chi connectivity index (χ4v) is 11.7. The quantitative estimate of drug-likeness (QED) is 0.148. The molecule has 2 nitrogen and oxygen atoms in total. The third kappa shape index (κ3) is 5.99. The highest BCUT2D eigenvalue weighted by atomic mass is 16.3. The molecule has 1 heterocycles. The first-order valence-corrected chi connectivity index (χ1v) is 23.8. The molecule has 0 radical (unpaired) electrons. The lowest BCUT2D eigenvalue weighted by Gasteiger charge is -2.34. The Morgan fingerprint density at radius 2 is 0.884 bits per heavy atom. The molecule has 0 bridgehead atoms. The van der Waals surface area contributed by atoms with Crippen molar-refractivity contribution in [1.29, 1.82) is 0 Å². The summed E-state index contributed by atoms with van der Waals surface area (Å²) in [6, 6.07) is 95.8. The Balaban J connectivity index is 1.01. The van der Waals surface area contributed by atoms with Crippen LogP contribution in [0.3, 0.4) is 0 Å². The molecule has 13 aromatic rings. The average Bonchev–Trinajstić information content (AvgIpc) is 3.94. The molecule has 0 atom stereocenters. The van der Waals surface area contributed by atoms with Gasteiger partial charge in [0.1, 0.15) is 11.2 Å². The maximum atomic E-state index is 6.53. The fraction of sp³-hybridized carbons (Fsp3) is 0.0149. The van der Waals surface area contributed by atoms with E-state index in [9.17, 15) is 0 Å². The second kappa shape index (κ2) is 15.6. The minimum absolute atomic E-state index is 0.546. The Labute approximate surface area is 400 Å². The topological polar surface area (TPSA) is 16.4 Å². The first kappa shape index (κ1) is 39.2. The molecular formula is C67H43NO. The molecule has 2 heteroatoms. The lowest BCUT2D eigenvalue weighted by Crippen LogP contribution is -2.28. The van der Waals surface area contributed by atoms with Crippen molar-refractivity contribution in [3.05, 3.63) is 283 Å². The van der Waals surface area contributed by atoms with Crippen molar-refractivity contribution < 1.29 is 4.42 Å². The average molecular weight is 878 g/mol. The van der Waals surface area contributed by atoms with Crippen LogP contribution >= 0.6 is 0 Å². The van der Waals surface area contributed by atoms with Crippen molar-refractivity contribution in [3.8, 4) is 33.4 Å². The Bertz CT molecular complexity index is 4090. The SMILES string of the molecule is c1ccc(C2(c3ccccc3)c3ccccc3-c3c(N(c4ccc(-c5cccc6c5ccc5ccccc56)cc4)c4ccccc4-c4ccc5oc6cc7ccccc7cc6c5c4)cccc32)cc1. The molecular weight excluding hydrogens is 835 g/mol. The third-order valence-electron chi connectivity index (χ3n) is 14.7. The third-order valence-corrected chi connectivity index (χ3v) is 14.7. The summed E-state index contributed by atoms with van der Waals surface area (Å²) in [5.41, 5.74) is 16.6. The van der Waals surface area contributed by atoms with Crippen LogP contribution in [0.15, 0.2) is 265 Å². The lowest BCUT2D eigenvalue weighted by atomic mass is 9.68. The maximum Gasteiger partial charge on any atom is 0.136 e. The minimum atomic E-state index is -0.546. The van der Waals surface area contributed by atoms with Gasteiger partial charge in [0.15, 0.2) is 0 Å². The Morgan fingerprint density at radius 1 is 0.304 bits per heavy atom. The number of para-hydroxylation sites is 1. The van der Waals surface area contributed by atoms with Crippen LogP contribution in [0.5, 0.6) is 0 Å². The highest BCUT2D eigenvalue weighted by Gasteiger charge is 2.47. The van der Waals surface area contributed by atoms with Crippen LogP contribution in [0.2, 0.25) is 0 Å². The van der Waals surface area contributed by atoms with Crippen molar-refractivity contribution in [2.45, 2.75) is 5.41 Å². The highest BCUT2D eigenvalue weighted by molar-refractivity contribution is 6.13. The molecule has 12 aromatic carbocycles. The summed E-state index contributed by atoms with van der Waals surface area (Å²) >= 11 is 0. The first-order chi connectivity index (χ1) is 34.2. The molecule has 0 amide bonds. The largest absolute Gasteiger partial charge is 0.456 e. The van der Waals surface area contributed by atoms with Crippen LogP contribution < -0.4 is 4.90 Å². The van der Waals surface area contributed by atoms with Gasteiger partial charge in [-0.15, -0.1) is 0 Å². The number of rotatable bonds is 7. The minimum Gasteiger partial charge on any atom is -0.456 e. The van der Waals surface area contributed by atoms with E-state index in [-0.39, 0.29) is 0 Å². The molecule has 0 N–H and O–H groups in total. The molecule has 69 heavy (non-hydrogen) atoms. The predicted molar refractivity (Wildman–Crippen MR) is 289 cm³/mol. The second-order valence-corrected chi connectivity index (χ2v) is 18.3. The summed E-state index contributed by atoms with van der Waals surface area (Å²) in [6.45, 7) is 0. The zero-order valence-electron chi connectivity index (χ0n) is 37.7. The Kier molecular flexibility index (Phi) is 8.84. The molecule has 1 aromatic heterocycles. The molecule has 1 aliphatic rings. The van der Waals surface area contributed by atoms with E-state index in [2.05, 4.69) is 266 Å². The molecule has 322 valence electrons. The summed E-state index contributed by atoms with van der Waals surface area (Å²) in [5.74, 6) is 0. The number of furan rings is 1. The predicted octanol–water partition coefficient (Wildman–Crippen LogP) is 18.2. The van der Waals surface area contributed by atoms with Crippen molar-refractivity contribution in [1.82, 2.24) is 0 Å². The lowest BCUT2D eigenvalue weighted by molar-refractivity contribution is 0.669. The number of nitrogens with zero attached hydrogens (tertiary/aromatic N) is 1. The van der Waals surface area contributed by atoms with Gasteiger partial charge in [0.25, 0.3) is 0 Å². The number of hydrogen-bond donors (Lipinski definition) is 0. The Morgan fingerprint density at radius 3 is 1.68 bits per heavy atom. The summed E-state index contributed by atoms with van der Waals surface area (Å²) in [6.07, 6.45) is 0. The molecule has 0 saturated heterocycles. The van der Waals surface area contributed by atoms with Crippen LogP contribution in [0.1, 0.15) is 22.3 Å². The summed E-state index contributed by atoms with van der Waals surface area (Å²) < 4.78 is 6.53. The van der Waals surface area contributed by atoms with E-state index in [0.717, 1.165) is 50.1 Å². The number of benzene rings is 12. The summed E-state index contributed by atoms with van der Waals surface area (Å²) in [4.78, 5) is 2.50. The Hall–Kier alpha value is -8.98. The van der Waals surface area contributed by atoms with Gasteiger partial charge in [-0.25, -0.2) is 0 Å². The van der Waals surface area contributed by atoms with E-state index in [1.165, 1.54) is 76.8 Å². The highest BCUT2D eigenvalue weighted by Crippen LogP contribution is 2.60. The molecule has 0 aliphatic heterocycles. The van der Waals surface area contributed by atoms with E-state index >= 15 is 0 Å². The van der Waals surface area contributed by atoms with Crippen molar-refractivity contribution in [2.24, 2.45) is 0 Å². The van der Waals surface area contributed by atoms with Crippen LogP contribution in [0, 0.1) is 0 Å². The molecule has 0 saturated carbocycles. The van der Waals surface area contributed by atoms with Gasteiger partial charge in [-0.1, -0.05) is 212 Å². The molecule has 1 aliphatic carbocycles. The maximum absolute atomic E-state index is 6.53. The summed E-state index contributed by atoms with van der Waals surface area (Å²) in [7, 11) is 0. The zero-order chi connectivity index (χ0) is 45.5. The smallest absolute Gasteiger partial charge is 0.136 e. The van der Waals surface area contributed by atoms with Gasteiger partial charge < -0.3 is 9.32 Å². The van der Waals surface area contributed by atoms with Gasteiger partial charge in [-0.05, 0) is 125 Å². The standard InChI is InChI=1S/C67H43NO/c1-3-20-49(21-4-1)67(50-22-5-2-6-23-50)60-29-13-11-26-57(60)66-61(67)30-16-32-63(66)68(51-37-33-45(34-38-51)53-27-15-28-55-52-24-10-9-17-44(52)35-39-56(53)55)62-31-14-12-25-54(62)48-36-40-64-58(42-48)59-41-46-18-7-8-19-47(46)43-65(59)69-64/h1-43H. The number of hydrogen-bond acceptors (Lipinski definition) is 2. The van der Waals surface area contributed by atoms with Gasteiger partial charge in [0.05, 0.1) is 16.8 Å². The van der Waals surface area contributed by atoms with Crippen molar-refractivity contribution >= 4 is 71.3 Å². The first-order valence-electron chi connectivity index (χ1n) is 23.8. The van der Waals surface area contributed by atoms with Crippen molar-refractivity contribution in [3.63, 3.8) is 0 Å². The zero-order valence-corrected chi connectivity index (χ0v) is 37.7. The molecule has 0 unspecified atom stereocenters. The van der Waals surface area contributed by atoms with Crippen molar-refractivity contribution in [2.75, 3.05) is 4.90 Å². The molecule has 14 rings (SSSR count). The van der Waals surface area contributed by atoms with Crippen LogP contribution in [0.25, 0.3) is 87.6 Å². The van der Waals surface area contributed by atoms with Crippen LogP contribution in [-0.2, 0) is 5.41 Å². The van der Waals surface area contributed by atoms with Gasteiger partial charge in [0.2, 0.25) is 0 Å². The number of fused-ring (bicyclic) bond motifs is 10. The van der Waals surface area contributed by atoms with E-state index < -0.39 is 5.41 Å². The normalized spacial score (nSPS) is 12.8. The van der Waals surface area contributed by atoms with Gasteiger partial charge in [-0.2, -0.15) is 0 Å². The van der Waals surface area contributed by atoms with Gasteiger partial charge in [-0.3, -0.25) is 0 Å². The van der Waals surface area contributed by atoms with Gasteiger partial charge >= 0.3 is 0 Å². The van der Waals surface area contributed by atoms with E-state index in [4.69, 9.17) is 4.42 Å². The fourth-order valence-electron chi connectivity index (χ4n) is 11.7. The van der Waals surface area contributed by atoms with E-state index in [1.54, 1.807) is 0 Å². The van der Waals surface area contributed by atoms with Crippen LogP contribution in [-0.4, -0.2) is 0 Å². The van der Waals surface area contributed by atoms with E-state index in [0.29, 0.717) is 0 Å².